The molecule has 0 spiro atoms. The molecule has 1 heteroatoms. The van der Waals surface area contributed by atoms with E-state index in [-0.39, 0.29) is 0 Å². The summed E-state index contributed by atoms with van der Waals surface area (Å²) in [6, 6.07) is 9.42. The van der Waals surface area contributed by atoms with E-state index in [9.17, 15) is 0 Å². The fourth-order valence-corrected chi connectivity index (χ4v) is 3.67. The van der Waals surface area contributed by atoms with Crippen LogP contribution in [0.4, 0.5) is 0 Å². The predicted molar refractivity (Wildman–Crippen MR) is 88.3 cm³/mol. The summed E-state index contributed by atoms with van der Waals surface area (Å²) in [5.74, 6) is 2.13. The van der Waals surface area contributed by atoms with Crippen molar-refractivity contribution in [3.63, 3.8) is 0 Å². The second-order valence-electron chi connectivity index (χ2n) is 7.65. The second kappa shape index (κ2) is 6.30. The van der Waals surface area contributed by atoms with Gasteiger partial charge < -0.3 is 5.32 Å². The second-order valence-corrected chi connectivity index (χ2v) is 7.65. The normalized spacial score (nSPS) is 25.9. The van der Waals surface area contributed by atoms with Gasteiger partial charge in [0.05, 0.1) is 0 Å². The highest BCUT2D eigenvalue weighted by molar-refractivity contribution is 5.28. The van der Waals surface area contributed by atoms with Gasteiger partial charge in [-0.1, -0.05) is 52.0 Å². The predicted octanol–water partition coefficient (Wildman–Crippen LogP) is 4.94. The van der Waals surface area contributed by atoms with E-state index in [1.807, 2.05) is 0 Å². The zero-order valence-corrected chi connectivity index (χ0v) is 13.9. The fourth-order valence-electron chi connectivity index (χ4n) is 3.67. The zero-order chi connectivity index (χ0) is 14.8. The molecule has 1 fully saturated rings. The van der Waals surface area contributed by atoms with E-state index in [1.54, 1.807) is 5.56 Å². The number of nitrogens with one attached hydrogen (secondary N) is 1. The standard InChI is InChI=1S/C19H31N/c1-14(2)15-6-8-16(9-7-15)18-12-19(3,4)11-10-17(18)13-20-5/h6-9,14,17-18,20H,10-13H2,1-5H3. The molecule has 0 saturated heterocycles. The van der Waals surface area contributed by atoms with Crippen molar-refractivity contribution in [2.75, 3.05) is 13.6 Å². The first-order valence-electron chi connectivity index (χ1n) is 8.17. The molecule has 0 heterocycles. The summed E-state index contributed by atoms with van der Waals surface area (Å²) >= 11 is 0. The molecule has 1 aromatic carbocycles. The van der Waals surface area contributed by atoms with Gasteiger partial charge in [-0.3, -0.25) is 0 Å². The third-order valence-electron chi connectivity index (χ3n) is 5.03. The van der Waals surface area contributed by atoms with Crippen LogP contribution in [-0.4, -0.2) is 13.6 Å². The monoisotopic (exact) mass is 273 g/mol. The van der Waals surface area contributed by atoms with E-state index in [0.717, 1.165) is 12.5 Å². The van der Waals surface area contributed by atoms with Crippen molar-refractivity contribution < 1.29 is 0 Å². The zero-order valence-electron chi connectivity index (χ0n) is 13.9. The molecule has 2 rings (SSSR count). The summed E-state index contributed by atoms with van der Waals surface area (Å²) in [5.41, 5.74) is 3.49. The van der Waals surface area contributed by atoms with Gasteiger partial charge in [0.2, 0.25) is 0 Å². The summed E-state index contributed by atoms with van der Waals surface area (Å²) in [6.45, 7) is 10.5. The van der Waals surface area contributed by atoms with Gasteiger partial charge in [-0.25, -0.2) is 0 Å². The van der Waals surface area contributed by atoms with Crippen LogP contribution >= 0.6 is 0 Å². The molecule has 0 amide bonds. The Morgan fingerprint density at radius 1 is 1.20 bits per heavy atom. The van der Waals surface area contributed by atoms with Crippen LogP contribution in [0.5, 0.6) is 0 Å². The van der Waals surface area contributed by atoms with E-state index >= 15 is 0 Å². The molecular formula is C19H31N. The smallest absolute Gasteiger partial charge is 0.00177 e. The van der Waals surface area contributed by atoms with E-state index < -0.39 is 0 Å². The van der Waals surface area contributed by atoms with Crippen LogP contribution < -0.4 is 5.32 Å². The van der Waals surface area contributed by atoms with Crippen LogP contribution in [0, 0.1) is 11.3 Å². The first kappa shape index (κ1) is 15.6. The lowest BCUT2D eigenvalue weighted by Gasteiger charge is -2.41. The molecule has 1 N–H and O–H groups in total. The number of hydrogen-bond acceptors (Lipinski definition) is 1. The Morgan fingerprint density at radius 2 is 1.85 bits per heavy atom. The lowest BCUT2D eigenvalue weighted by molar-refractivity contribution is 0.161. The molecule has 0 aromatic heterocycles. The van der Waals surface area contributed by atoms with Crippen molar-refractivity contribution in [3.8, 4) is 0 Å². The van der Waals surface area contributed by atoms with Gasteiger partial charge in [0, 0.05) is 0 Å². The van der Waals surface area contributed by atoms with E-state index in [1.165, 1.54) is 24.8 Å². The van der Waals surface area contributed by atoms with Crippen molar-refractivity contribution >= 4 is 0 Å². The van der Waals surface area contributed by atoms with E-state index in [4.69, 9.17) is 0 Å². The summed E-state index contributed by atoms with van der Waals surface area (Å²) in [6.07, 6.45) is 4.03. The Hall–Kier alpha value is -0.820. The molecule has 112 valence electrons. The quantitative estimate of drug-likeness (QED) is 0.819. The topological polar surface area (TPSA) is 12.0 Å². The van der Waals surface area contributed by atoms with Crippen molar-refractivity contribution in [2.24, 2.45) is 11.3 Å². The van der Waals surface area contributed by atoms with Gasteiger partial charge in [0.25, 0.3) is 0 Å². The third kappa shape index (κ3) is 3.63. The largest absolute Gasteiger partial charge is 0.319 e. The first-order chi connectivity index (χ1) is 9.43. The summed E-state index contributed by atoms with van der Waals surface area (Å²) in [7, 11) is 2.08. The molecule has 1 saturated carbocycles. The maximum atomic E-state index is 3.39. The Labute approximate surface area is 125 Å². The molecular weight excluding hydrogens is 242 g/mol. The number of rotatable bonds is 4. The molecule has 1 aromatic rings. The highest BCUT2D eigenvalue weighted by Crippen LogP contribution is 2.46. The fraction of sp³-hybridized carbons (Fsp3) is 0.684. The van der Waals surface area contributed by atoms with Crippen LogP contribution in [-0.2, 0) is 0 Å². The van der Waals surface area contributed by atoms with Gasteiger partial charge in [-0.15, -0.1) is 0 Å². The van der Waals surface area contributed by atoms with Gasteiger partial charge >= 0.3 is 0 Å². The summed E-state index contributed by atoms with van der Waals surface area (Å²) < 4.78 is 0. The van der Waals surface area contributed by atoms with Crippen molar-refractivity contribution in [3.05, 3.63) is 35.4 Å². The highest BCUT2D eigenvalue weighted by Gasteiger charge is 2.35. The Morgan fingerprint density at radius 3 is 2.40 bits per heavy atom. The minimum atomic E-state index is 0.492. The van der Waals surface area contributed by atoms with E-state index in [2.05, 4.69) is 64.3 Å². The Balaban J connectivity index is 2.21. The van der Waals surface area contributed by atoms with Gasteiger partial charge in [-0.2, -0.15) is 0 Å². The molecule has 2 unspecified atom stereocenters. The first-order valence-corrected chi connectivity index (χ1v) is 8.17. The minimum Gasteiger partial charge on any atom is -0.319 e. The summed E-state index contributed by atoms with van der Waals surface area (Å²) in [4.78, 5) is 0. The lowest BCUT2D eigenvalue weighted by Crippen LogP contribution is -2.33. The lowest BCUT2D eigenvalue weighted by atomic mass is 9.65. The van der Waals surface area contributed by atoms with Crippen molar-refractivity contribution in [1.82, 2.24) is 5.32 Å². The molecule has 1 aliphatic rings. The molecule has 2 atom stereocenters. The molecule has 0 aliphatic heterocycles. The van der Waals surface area contributed by atoms with Gasteiger partial charge in [0.1, 0.15) is 0 Å². The summed E-state index contributed by atoms with van der Waals surface area (Å²) in [5, 5.41) is 3.39. The van der Waals surface area contributed by atoms with Crippen molar-refractivity contribution in [2.45, 2.75) is 58.8 Å². The van der Waals surface area contributed by atoms with Gasteiger partial charge in [-0.05, 0) is 67.2 Å². The highest BCUT2D eigenvalue weighted by atomic mass is 14.8. The number of hydrogen-bond donors (Lipinski definition) is 1. The van der Waals surface area contributed by atoms with Crippen LogP contribution in [0.25, 0.3) is 0 Å². The Kier molecular flexibility index (Phi) is 4.90. The average molecular weight is 273 g/mol. The maximum Gasteiger partial charge on any atom is -0.00177 e. The molecule has 0 bridgehead atoms. The number of benzene rings is 1. The van der Waals surface area contributed by atoms with E-state index in [0.29, 0.717) is 17.3 Å². The van der Waals surface area contributed by atoms with Crippen LogP contribution in [0.15, 0.2) is 24.3 Å². The molecule has 1 aliphatic carbocycles. The molecule has 20 heavy (non-hydrogen) atoms. The third-order valence-corrected chi connectivity index (χ3v) is 5.03. The Bertz CT molecular complexity index is 416. The van der Waals surface area contributed by atoms with Crippen molar-refractivity contribution in [1.29, 1.82) is 0 Å². The maximum absolute atomic E-state index is 3.39. The van der Waals surface area contributed by atoms with Crippen LogP contribution in [0.3, 0.4) is 0 Å². The molecule has 1 nitrogen and oxygen atoms in total. The molecule has 0 radical (unpaired) electrons. The average Bonchev–Trinajstić information content (AvgIpc) is 2.41. The van der Waals surface area contributed by atoms with Crippen LogP contribution in [0.1, 0.15) is 69.9 Å². The minimum absolute atomic E-state index is 0.492. The SMILES string of the molecule is CNCC1CCC(C)(C)CC1c1ccc(C(C)C)cc1. The van der Waals surface area contributed by atoms with Crippen LogP contribution in [0.2, 0.25) is 0 Å². The van der Waals surface area contributed by atoms with Gasteiger partial charge in [0.15, 0.2) is 0 Å².